The van der Waals surface area contributed by atoms with Crippen LogP contribution in [0.2, 0.25) is 0 Å². The van der Waals surface area contributed by atoms with Gasteiger partial charge in [-0.15, -0.1) is 0 Å². The molecule has 106 valence electrons. The fraction of sp³-hybridized carbons (Fsp3) is 0.917. The summed E-state index contributed by atoms with van der Waals surface area (Å²) in [5.41, 5.74) is 5.33. The van der Waals surface area contributed by atoms with E-state index in [0.717, 1.165) is 0 Å². The number of alkyl halides is 3. The van der Waals surface area contributed by atoms with E-state index < -0.39 is 18.0 Å². The van der Waals surface area contributed by atoms with Crippen molar-refractivity contribution in [1.82, 2.24) is 4.90 Å². The van der Waals surface area contributed by atoms with Crippen molar-refractivity contribution in [3.63, 3.8) is 0 Å². The van der Waals surface area contributed by atoms with Gasteiger partial charge in [-0.2, -0.15) is 13.2 Å². The predicted octanol–water partition coefficient (Wildman–Crippen LogP) is 2.16. The molecule has 0 heterocycles. The molecule has 3 nitrogen and oxygen atoms in total. The second-order valence-corrected chi connectivity index (χ2v) is 4.94. The van der Waals surface area contributed by atoms with Gasteiger partial charge in [0.15, 0.2) is 0 Å². The zero-order valence-corrected chi connectivity index (χ0v) is 10.7. The normalized spacial score (nSPS) is 24.9. The van der Waals surface area contributed by atoms with Crippen molar-refractivity contribution < 1.29 is 18.0 Å². The Morgan fingerprint density at radius 1 is 1.33 bits per heavy atom. The van der Waals surface area contributed by atoms with Gasteiger partial charge in [-0.3, -0.25) is 4.79 Å². The van der Waals surface area contributed by atoms with Gasteiger partial charge < -0.3 is 10.6 Å². The van der Waals surface area contributed by atoms with Crippen molar-refractivity contribution in [2.75, 3.05) is 20.1 Å². The molecule has 2 unspecified atom stereocenters. The van der Waals surface area contributed by atoms with Crippen molar-refractivity contribution in [3.8, 4) is 0 Å². The standard InChI is InChI=1S/C12H21F3N2O/c1-17(8-4-7-16)11(18)9-5-2-3-6-10(9)12(13,14)15/h9-10H,2-8,16H2,1H3. The topological polar surface area (TPSA) is 46.3 Å². The first-order valence-corrected chi connectivity index (χ1v) is 6.39. The van der Waals surface area contributed by atoms with Crippen molar-refractivity contribution in [3.05, 3.63) is 0 Å². The quantitative estimate of drug-likeness (QED) is 0.847. The van der Waals surface area contributed by atoms with E-state index in [4.69, 9.17) is 5.73 Å². The first-order chi connectivity index (χ1) is 8.38. The molecule has 18 heavy (non-hydrogen) atoms. The Balaban J connectivity index is 2.68. The number of nitrogens with two attached hydrogens (primary N) is 1. The third-order valence-corrected chi connectivity index (χ3v) is 3.58. The Bertz CT molecular complexity index is 281. The van der Waals surface area contributed by atoms with Crippen LogP contribution in [0.3, 0.4) is 0 Å². The summed E-state index contributed by atoms with van der Waals surface area (Å²) in [6, 6.07) is 0. The molecule has 1 rings (SSSR count). The van der Waals surface area contributed by atoms with Gasteiger partial charge in [-0.25, -0.2) is 0 Å². The van der Waals surface area contributed by atoms with Gasteiger partial charge in [0.05, 0.1) is 5.92 Å². The van der Waals surface area contributed by atoms with Gasteiger partial charge in [-0.05, 0) is 25.8 Å². The largest absolute Gasteiger partial charge is 0.392 e. The maximum atomic E-state index is 12.9. The summed E-state index contributed by atoms with van der Waals surface area (Å²) >= 11 is 0. The molecule has 0 saturated heterocycles. The third-order valence-electron chi connectivity index (χ3n) is 3.58. The summed E-state index contributed by atoms with van der Waals surface area (Å²) in [7, 11) is 1.56. The first-order valence-electron chi connectivity index (χ1n) is 6.39. The molecule has 1 amide bonds. The fourth-order valence-electron chi connectivity index (χ4n) is 2.54. The molecule has 0 aromatic heterocycles. The van der Waals surface area contributed by atoms with Crippen LogP contribution in [0.25, 0.3) is 0 Å². The van der Waals surface area contributed by atoms with Crippen molar-refractivity contribution in [1.29, 1.82) is 0 Å². The highest BCUT2D eigenvalue weighted by atomic mass is 19.4. The van der Waals surface area contributed by atoms with Crippen molar-refractivity contribution >= 4 is 5.91 Å². The molecule has 2 N–H and O–H groups in total. The second kappa shape index (κ2) is 6.41. The number of carbonyl (C=O) groups is 1. The van der Waals surface area contributed by atoms with Crippen LogP contribution in [0.5, 0.6) is 0 Å². The lowest BCUT2D eigenvalue weighted by molar-refractivity contribution is -0.200. The maximum Gasteiger partial charge on any atom is 0.392 e. The molecule has 1 saturated carbocycles. The minimum atomic E-state index is -4.27. The zero-order chi connectivity index (χ0) is 13.8. The molecule has 0 spiro atoms. The van der Waals surface area contributed by atoms with Crippen molar-refractivity contribution in [2.24, 2.45) is 17.6 Å². The lowest BCUT2D eigenvalue weighted by atomic mass is 9.78. The van der Waals surface area contributed by atoms with E-state index in [0.29, 0.717) is 38.8 Å². The lowest BCUT2D eigenvalue weighted by Crippen LogP contribution is -2.43. The van der Waals surface area contributed by atoms with Gasteiger partial charge in [0.2, 0.25) is 5.91 Å². The fourth-order valence-corrected chi connectivity index (χ4v) is 2.54. The Morgan fingerprint density at radius 2 is 1.94 bits per heavy atom. The lowest BCUT2D eigenvalue weighted by Gasteiger charge is -2.34. The molecule has 1 fully saturated rings. The summed E-state index contributed by atoms with van der Waals surface area (Å²) in [6.45, 7) is 0.862. The van der Waals surface area contributed by atoms with E-state index in [9.17, 15) is 18.0 Å². The van der Waals surface area contributed by atoms with E-state index in [1.165, 1.54) is 4.90 Å². The molecule has 0 bridgehead atoms. The van der Waals surface area contributed by atoms with Crippen molar-refractivity contribution in [2.45, 2.75) is 38.3 Å². The summed E-state index contributed by atoms with van der Waals surface area (Å²) in [5.74, 6) is -2.76. The van der Waals surface area contributed by atoms with Crippen LogP contribution in [0.15, 0.2) is 0 Å². The van der Waals surface area contributed by atoms with Gasteiger partial charge >= 0.3 is 6.18 Å². The van der Waals surface area contributed by atoms with Crippen LogP contribution in [-0.4, -0.2) is 37.1 Å². The van der Waals surface area contributed by atoms with E-state index in [2.05, 4.69) is 0 Å². The van der Waals surface area contributed by atoms with E-state index in [1.54, 1.807) is 7.05 Å². The van der Waals surface area contributed by atoms with Gasteiger partial charge in [-0.1, -0.05) is 12.8 Å². The molecular formula is C12H21F3N2O. The highest BCUT2D eigenvalue weighted by Crippen LogP contribution is 2.42. The first kappa shape index (κ1) is 15.3. The van der Waals surface area contributed by atoms with Gasteiger partial charge in [0, 0.05) is 19.5 Å². The zero-order valence-electron chi connectivity index (χ0n) is 10.7. The third kappa shape index (κ3) is 3.86. The van der Waals surface area contributed by atoms with Gasteiger partial charge in [0.25, 0.3) is 0 Å². The van der Waals surface area contributed by atoms with Crippen LogP contribution >= 0.6 is 0 Å². The predicted molar refractivity (Wildman–Crippen MR) is 62.8 cm³/mol. The Labute approximate surface area is 106 Å². The molecular weight excluding hydrogens is 245 g/mol. The van der Waals surface area contributed by atoms with E-state index in [-0.39, 0.29) is 12.3 Å². The summed E-state index contributed by atoms with van der Waals surface area (Å²) in [6.07, 6.45) is -1.98. The number of hydrogen-bond acceptors (Lipinski definition) is 2. The summed E-state index contributed by atoms with van der Waals surface area (Å²) in [4.78, 5) is 13.4. The van der Waals surface area contributed by atoms with Crippen LogP contribution < -0.4 is 5.73 Å². The molecule has 0 aromatic carbocycles. The molecule has 0 aromatic rings. The number of rotatable bonds is 4. The Kier molecular flexibility index (Phi) is 5.44. The van der Waals surface area contributed by atoms with Crippen LogP contribution in [0.4, 0.5) is 13.2 Å². The monoisotopic (exact) mass is 266 g/mol. The number of halogens is 3. The number of carbonyl (C=O) groups excluding carboxylic acids is 1. The summed E-state index contributed by atoms with van der Waals surface area (Å²) < 4.78 is 38.6. The van der Waals surface area contributed by atoms with E-state index >= 15 is 0 Å². The molecule has 0 radical (unpaired) electrons. The van der Waals surface area contributed by atoms with Crippen LogP contribution in [-0.2, 0) is 4.79 Å². The smallest absolute Gasteiger partial charge is 0.345 e. The SMILES string of the molecule is CN(CCCN)C(=O)C1CCCCC1C(F)(F)F. The molecule has 1 aliphatic rings. The minimum Gasteiger partial charge on any atom is -0.345 e. The summed E-state index contributed by atoms with van der Waals surface area (Å²) in [5, 5.41) is 0. The minimum absolute atomic E-state index is 0.0740. The van der Waals surface area contributed by atoms with Crippen LogP contribution in [0, 0.1) is 11.8 Å². The Hall–Kier alpha value is -0.780. The highest BCUT2D eigenvalue weighted by molar-refractivity contribution is 5.79. The molecule has 6 heteroatoms. The number of amides is 1. The Morgan fingerprint density at radius 3 is 2.50 bits per heavy atom. The average Bonchev–Trinajstić information content (AvgIpc) is 2.34. The molecule has 0 aliphatic heterocycles. The number of hydrogen-bond donors (Lipinski definition) is 1. The average molecular weight is 266 g/mol. The van der Waals surface area contributed by atoms with Crippen LogP contribution in [0.1, 0.15) is 32.1 Å². The van der Waals surface area contributed by atoms with Gasteiger partial charge in [0.1, 0.15) is 0 Å². The molecule has 2 atom stereocenters. The van der Waals surface area contributed by atoms with E-state index in [1.807, 2.05) is 0 Å². The number of nitrogens with zero attached hydrogens (tertiary/aromatic N) is 1. The maximum absolute atomic E-state index is 12.9. The molecule has 1 aliphatic carbocycles. The highest BCUT2D eigenvalue weighted by Gasteiger charge is 2.48. The second-order valence-electron chi connectivity index (χ2n) is 4.94.